The summed E-state index contributed by atoms with van der Waals surface area (Å²) < 4.78 is 32.6. The molecule has 0 aliphatic heterocycles. The fourth-order valence-corrected chi connectivity index (χ4v) is 3.85. The third-order valence-electron chi connectivity index (χ3n) is 4.39. The van der Waals surface area contributed by atoms with Gasteiger partial charge in [-0.15, -0.1) is 0 Å². The Bertz CT molecular complexity index is 1440. The average molecular weight is 446 g/mol. The van der Waals surface area contributed by atoms with E-state index in [-0.39, 0.29) is 16.7 Å². The lowest BCUT2D eigenvalue weighted by Gasteiger charge is -2.10. The first kappa shape index (κ1) is 21.0. The number of nitrogens with one attached hydrogen (secondary N) is 2. The molecule has 3 aromatic heterocycles. The minimum Gasteiger partial charge on any atom is -0.481 e. The normalized spacial score (nSPS) is 10.8. The van der Waals surface area contributed by atoms with Gasteiger partial charge in [-0.3, -0.25) is 0 Å². The predicted octanol–water partition coefficient (Wildman–Crippen LogP) is 3.34. The number of sulfonamides is 1. The molecule has 0 saturated carbocycles. The fraction of sp³-hybridized carbons (Fsp3) is 0.0909. The molecule has 0 fully saturated rings. The molecule has 0 aliphatic carbocycles. The molecule has 0 aliphatic rings. The van der Waals surface area contributed by atoms with E-state index < -0.39 is 10.0 Å². The zero-order valence-corrected chi connectivity index (χ0v) is 18.0. The van der Waals surface area contributed by atoms with Gasteiger partial charge in [-0.05, 0) is 49.2 Å². The summed E-state index contributed by atoms with van der Waals surface area (Å²) in [5, 5.41) is 4.97. The minimum absolute atomic E-state index is 0.0608. The molecule has 2 N–H and O–H groups in total. The van der Waals surface area contributed by atoms with Crippen LogP contribution in [0.25, 0.3) is 10.8 Å². The Balaban J connectivity index is 1.54. The number of nitrogens with zero attached hydrogens (tertiary/aromatic N) is 4. The van der Waals surface area contributed by atoms with Crippen molar-refractivity contribution >= 4 is 38.2 Å². The minimum atomic E-state index is -3.87. The molecule has 0 bridgehead atoms. The lowest BCUT2D eigenvalue weighted by atomic mass is 10.1. The number of anilines is 3. The number of methoxy groups -OCH3 is 1. The summed E-state index contributed by atoms with van der Waals surface area (Å²) in [6, 6.07) is 11.5. The van der Waals surface area contributed by atoms with Crippen LogP contribution in [0.4, 0.5) is 17.5 Å². The maximum Gasteiger partial charge on any atom is 0.264 e. The van der Waals surface area contributed by atoms with Gasteiger partial charge in [0.1, 0.15) is 11.5 Å². The van der Waals surface area contributed by atoms with Gasteiger partial charge in [0, 0.05) is 41.1 Å². The van der Waals surface area contributed by atoms with Crippen LogP contribution in [0, 0.1) is 11.8 Å². The van der Waals surface area contributed by atoms with Crippen molar-refractivity contribution in [3.05, 3.63) is 66.7 Å². The topological polar surface area (TPSA) is 119 Å². The van der Waals surface area contributed by atoms with Gasteiger partial charge in [0.15, 0.2) is 0 Å². The van der Waals surface area contributed by atoms with E-state index >= 15 is 0 Å². The molecule has 0 saturated heterocycles. The van der Waals surface area contributed by atoms with Crippen LogP contribution in [0.15, 0.2) is 66.0 Å². The largest absolute Gasteiger partial charge is 0.481 e. The number of hydrogen-bond acceptors (Lipinski definition) is 8. The van der Waals surface area contributed by atoms with Gasteiger partial charge >= 0.3 is 0 Å². The lowest BCUT2D eigenvalue weighted by Crippen LogP contribution is -2.15. The Morgan fingerprint density at radius 3 is 2.53 bits per heavy atom. The van der Waals surface area contributed by atoms with Crippen LogP contribution in [0.2, 0.25) is 0 Å². The van der Waals surface area contributed by atoms with E-state index in [9.17, 15) is 8.42 Å². The number of fused-ring (bicyclic) bond motifs is 1. The van der Waals surface area contributed by atoms with E-state index in [1.807, 2.05) is 12.1 Å². The highest BCUT2D eigenvalue weighted by molar-refractivity contribution is 7.92. The van der Waals surface area contributed by atoms with Gasteiger partial charge < -0.3 is 10.1 Å². The van der Waals surface area contributed by atoms with Gasteiger partial charge in [0.2, 0.25) is 11.8 Å². The van der Waals surface area contributed by atoms with Crippen LogP contribution >= 0.6 is 0 Å². The zero-order valence-electron chi connectivity index (χ0n) is 17.2. The number of benzene rings is 1. The predicted molar refractivity (Wildman–Crippen MR) is 121 cm³/mol. The summed E-state index contributed by atoms with van der Waals surface area (Å²) in [5.41, 5.74) is 1.34. The number of pyridine rings is 2. The molecular weight excluding hydrogens is 428 g/mol. The molecule has 10 heteroatoms. The number of aromatic nitrogens is 4. The number of rotatable bonds is 6. The second kappa shape index (κ2) is 8.87. The van der Waals surface area contributed by atoms with Crippen molar-refractivity contribution in [2.24, 2.45) is 0 Å². The Morgan fingerprint density at radius 2 is 1.78 bits per heavy atom. The molecule has 3 heterocycles. The van der Waals surface area contributed by atoms with Crippen molar-refractivity contribution in [3.63, 3.8) is 0 Å². The molecule has 0 atom stereocenters. The molecule has 4 rings (SSSR count). The van der Waals surface area contributed by atoms with Crippen LogP contribution in [0.5, 0.6) is 5.88 Å². The molecule has 0 spiro atoms. The van der Waals surface area contributed by atoms with Crippen molar-refractivity contribution in [2.45, 2.75) is 11.8 Å². The Kier molecular flexibility index (Phi) is 5.83. The van der Waals surface area contributed by atoms with Crippen molar-refractivity contribution < 1.29 is 13.2 Å². The van der Waals surface area contributed by atoms with Crippen LogP contribution in [0.3, 0.4) is 0 Å². The highest BCUT2D eigenvalue weighted by atomic mass is 32.2. The van der Waals surface area contributed by atoms with Crippen LogP contribution in [-0.4, -0.2) is 35.5 Å². The van der Waals surface area contributed by atoms with Crippen LogP contribution < -0.4 is 14.8 Å². The second-order valence-corrected chi connectivity index (χ2v) is 8.19. The van der Waals surface area contributed by atoms with E-state index in [4.69, 9.17) is 4.74 Å². The zero-order chi connectivity index (χ0) is 22.6. The second-order valence-electron chi connectivity index (χ2n) is 6.50. The highest BCUT2D eigenvalue weighted by Gasteiger charge is 2.16. The smallest absolute Gasteiger partial charge is 0.264 e. The Hall–Kier alpha value is -4.23. The summed E-state index contributed by atoms with van der Waals surface area (Å²) >= 11 is 0. The highest BCUT2D eigenvalue weighted by Crippen LogP contribution is 2.23. The van der Waals surface area contributed by atoms with E-state index in [0.29, 0.717) is 17.2 Å². The molecular formula is C22H18N6O3S. The molecule has 32 heavy (non-hydrogen) atoms. The van der Waals surface area contributed by atoms with Crippen LogP contribution in [0.1, 0.15) is 12.6 Å². The number of ether oxygens (including phenoxy) is 1. The summed E-state index contributed by atoms with van der Waals surface area (Å²) in [4.78, 5) is 16.6. The van der Waals surface area contributed by atoms with Crippen molar-refractivity contribution in [3.8, 4) is 17.7 Å². The van der Waals surface area contributed by atoms with E-state index in [2.05, 4.69) is 41.8 Å². The van der Waals surface area contributed by atoms with Gasteiger partial charge in [0.25, 0.3) is 10.0 Å². The summed E-state index contributed by atoms with van der Waals surface area (Å²) in [5.74, 6) is 6.60. The molecule has 9 nitrogen and oxygen atoms in total. The molecule has 0 radical (unpaired) electrons. The third kappa shape index (κ3) is 4.58. The van der Waals surface area contributed by atoms with Crippen LogP contribution in [-0.2, 0) is 10.0 Å². The first-order valence-corrected chi connectivity index (χ1v) is 10.9. The lowest BCUT2D eigenvalue weighted by molar-refractivity contribution is 0.397. The fourth-order valence-electron chi connectivity index (χ4n) is 2.90. The van der Waals surface area contributed by atoms with Gasteiger partial charge in [0.05, 0.1) is 12.0 Å². The number of hydrogen-bond donors (Lipinski definition) is 2. The molecule has 160 valence electrons. The first-order valence-electron chi connectivity index (χ1n) is 9.43. The van der Waals surface area contributed by atoms with Crippen molar-refractivity contribution in [1.82, 2.24) is 19.9 Å². The monoisotopic (exact) mass is 446 g/mol. The summed E-state index contributed by atoms with van der Waals surface area (Å²) in [7, 11) is -2.43. The molecule has 0 unspecified atom stereocenters. The van der Waals surface area contributed by atoms with E-state index in [1.54, 1.807) is 31.5 Å². The SMILES string of the molecule is CC#Cc1nccc2cnc(Nc3ccc(S(=O)(=O)Nc4nccc(OC)n4)cc3)cc12. The third-order valence-corrected chi connectivity index (χ3v) is 5.74. The average Bonchev–Trinajstić information content (AvgIpc) is 2.80. The Labute approximate surface area is 185 Å². The van der Waals surface area contributed by atoms with E-state index in [1.165, 1.54) is 31.5 Å². The van der Waals surface area contributed by atoms with Gasteiger partial charge in [-0.25, -0.2) is 28.1 Å². The maximum absolute atomic E-state index is 12.6. The summed E-state index contributed by atoms with van der Waals surface area (Å²) in [6.07, 6.45) is 4.83. The first-order chi connectivity index (χ1) is 15.5. The van der Waals surface area contributed by atoms with Crippen molar-refractivity contribution in [2.75, 3.05) is 17.1 Å². The quantitative estimate of drug-likeness (QED) is 0.433. The summed E-state index contributed by atoms with van der Waals surface area (Å²) in [6.45, 7) is 1.76. The van der Waals surface area contributed by atoms with E-state index in [0.717, 1.165) is 10.8 Å². The molecule has 0 amide bonds. The Morgan fingerprint density at radius 1 is 1.00 bits per heavy atom. The van der Waals surface area contributed by atoms with Gasteiger partial charge in [-0.2, -0.15) is 4.98 Å². The van der Waals surface area contributed by atoms with Crippen molar-refractivity contribution in [1.29, 1.82) is 0 Å². The maximum atomic E-state index is 12.6. The molecule has 4 aromatic rings. The molecule has 1 aromatic carbocycles. The van der Waals surface area contributed by atoms with Gasteiger partial charge in [-0.1, -0.05) is 5.92 Å². The standard InChI is InChI=1S/C22H18N6O3S/c1-3-4-19-18-13-20(25-14-15(18)9-11-23-19)26-16-5-7-17(8-6-16)32(29,30)28-22-24-12-10-21(27-22)31-2/h5-14H,1-2H3,(H,25,26)(H,24,27,28).